The van der Waals surface area contributed by atoms with Gasteiger partial charge in [0.05, 0.1) is 7.11 Å². The Balaban J connectivity index is 2.53. The Morgan fingerprint density at radius 3 is 2.39 bits per heavy atom. The summed E-state index contributed by atoms with van der Waals surface area (Å²) in [4.78, 5) is 10.3. The largest absolute Gasteiger partial charge is 0.497 e. The second-order valence-electron chi connectivity index (χ2n) is 4.03. The highest BCUT2D eigenvalue weighted by Crippen LogP contribution is 2.34. The molecule has 0 heterocycles. The van der Waals surface area contributed by atoms with Crippen LogP contribution in [0.3, 0.4) is 0 Å². The molecular formula is C13H16F2O3. The van der Waals surface area contributed by atoms with E-state index in [1.54, 1.807) is 0 Å². The van der Waals surface area contributed by atoms with E-state index in [4.69, 9.17) is 9.84 Å². The van der Waals surface area contributed by atoms with Crippen molar-refractivity contribution in [2.75, 3.05) is 7.11 Å². The second kappa shape index (κ2) is 6.33. The number of hydrogen-bond donors (Lipinski definition) is 1. The van der Waals surface area contributed by atoms with Crippen LogP contribution >= 0.6 is 0 Å². The van der Waals surface area contributed by atoms with E-state index in [-0.39, 0.29) is 31.2 Å². The van der Waals surface area contributed by atoms with E-state index in [1.165, 1.54) is 31.4 Å². The molecule has 18 heavy (non-hydrogen) atoms. The van der Waals surface area contributed by atoms with Crippen molar-refractivity contribution in [2.24, 2.45) is 0 Å². The third kappa shape index (κ3) is 4.31. The van der Waals surface area contributed by atoms with Crippen LogP contribution in [0, 0.1) is 0 Å². The zero-order valence-electron chi connectivity index (χ0n) is 10.2. The minimum atomic E-state index is -2.93. The molecule has 0 saturated carbocycles. The molecule has 0 bridgehead atoms. The molecule has 0 aliphatic carbocycles. The van der Waals surface area contributed by atoms with Gasteiger partial charge in [-0.1, -0.05) is 0 Å². The smallest absolute Gasteiger partial charge is 0.303 e. The normalized spacial score (nSPS) is 11.3. The van der Waals surface area contributed by atoms with Crippen LogP contribution in [0.5, 0.6) is 5.75 Å². The van der Waals surface area contributed by atoms with E-state index >= 15 is 0 Å². The molecule has 0 amide bonds. The second-order valence-corrected chi connectivity index (χ2v) is 4.03. The third-order valence-corrected chi connectivity index (χ3v) is 2.64. The van der Waals surface area contributed by atoms with Crippen molar-refractivity contribution >= 4 is 5.97 Å². The average Bonchev–Trinajstić information content (AvgIpc) is 2.34. The number of carboxylic acids is 1. The first-order valence-electron chi connectivity index (χ1n) is 5.70. The minimum Gasteiger partial charge on any atom is -0.497 e. The van der Waals surface area contributed by atoms with Gasteiger partial charge in [0, 0.05) is 18.4 Å². The van der Waals surface area contributed by atoms with Gasteiger partial charge in [0.1, 0.15) is 5.75 Å². The number of ether oxygens (including phenoxy) is 1. The van der Waals surface area contributed by atoms with Crippen LogP contribution in [0.2, 0.25) is 0 Å². The van der Waals surface area contributed by atoms with Gasteiger partial charge in [-0.15, -0.1) is 0 Å². The first-order valence-corrected chi connectivity index (χ1v) is 5.70. The molecule has 100 valence electrons. The van der Waals surface area contributed by atoms with Crippen LogP contribution < -0.4 is 4.74 Å². The summed E-state index contributed by atoms with van der Waals surface area (Å²) in [6.45, 7) is 0. The fourth-order valence-electron chi connectivity index (χ4n) is 1.60. The highest BCUT2D eigenvalue weighted by atomic mass is 19.3. The maximum absolute atomic E-state index is 13.7. The molecular weight excluding hydrogens is 242 g/mol. The van der Waals surface area contributed by atoms with Crippen molar-refractivity contribution in [2.45, 2.75) is 31.6 Å². The number of halogens is 2. The van der Waals surface area contributed by atoms with Gasteiger partial charge >= 0.3 is 5.97 Å². The number of rotatable bonds is 7. The molecule has 0 aliphatic rings. The van der Waals surface area contributed by atoms with Gasteiger partial charge in [-0.2, -0.15) is 0 Å². The Morgan fingerprint density at radius 1 is 1.28 bits per heavy atom. The van der Waals surface area contributed by atoms with Crippen LogP contribution in [0.1, 0.15) is 31.2 Å². The number of aliphatic carboxylic acids is 1. The molecule has 0 spiro atoms. The average molecular weight is 258 g/mol. The van der Waals surface area contributed by atoms with Crippen LogP contribution in [0.15, 0.2) is 24.3 Å². The topological polar surface area (TPSA) is 46.5 Å². The van der Waals surface area contributed by atoms with Gasteiger partial charge in [-0.05, 0) is 37.1 Å². The van der Waals surface area contributed by atoms with Gasteiger partial charge in [0.25, 0.3) is 5.92 Å². The summed E-state index contributed by atoms with van der Waals surface area (Å²) in [5, 5.41) is 8.42. The van der Waals surface area contributed by atoms with Crippen molar-refractivity contribution in [3.63, 3.8) is 0 Å². The van der Waals surface area contributed by atoms with Gasteiger partial charge < -0.3 is 9.84 Å². The fraction of sp³-hybridized carbons (Fsp3) is 0.462. The highest BCUT2D eigenvalue weighted by Gasteiger charge is 2.30. The van der Waals surface area contributed by atoms with Crippen molar-refractivity contribution < 1.29 is 23.4 Å². The lowest BCUT2D eigenvalue weighted by Crippen LogP contribution is -2.13. The summed E-state index contributed by atoms with van der Waals surface area (Å²) in [6, 6.07) is 5.63. The predicted molar refractivity (Wildman–Crippen MR) is 63.0 cm³/mol. The Morgan fingerprint density at radius 2 is 1.89 bits per heavy atom. The Labute approximate surface area is 104 Å². The van der Waals surface area contributed by atoms with Crippen LogP contribution in [-0.2, 0) is 10.7 Å². The lowest BCUT2D eigenvalue weighted by atomic mass is 10.0. The number of carbonyl (C=O) groups is 1. The monoisotopic (exact) mass is 258 g/mol. The van der Waals surface area contributed by atoms with E-state index in [0.717, 1.165) is 0 Å². The quantitative estimate of drug-likeness (QED) is 0.762. The molecule has 1 aromatic rings. The molecule has 1 aromatic carbocycles. The van der Waals surface area contributed by atoms with Crippen molar-refractivity contribution in [1.82, 2.24) is 0 Å². The molecule has 0 fully saturated rings. The van der Waals surface area contributed by atoms with Crippen molar-refractivity contribution in [3.8, 4) is 5.75 Å². The van der Waals surface area contributed by atoms with E-state index in [2.05, 4.69) is 0 Å². The molecule has 0 unspecified atom stereocenters. The number of unbranched alkanes of at least 4 members (excludes halogenated alkanes) is 1. The third-order valence-electron chi connectivity index (χ3n) is 2.64. The maximum Gasteiger partial charge on any atom is 0.303 e. The van der Waals surface area contributed by atoms with Crippen LogP contribution in [0.4, 0.5) is 8.78 Å². The number of alkyl halides is 2. The first-order chi connectivity index (χ1) is 8.45. The molecule has 0 radical (unpaired) electrons. The SMILES string of the molecule is COc1ccc(C(F)(F)CCCCC(=O)O)cc1. The molecule has 5 heteroatoms. The van der Waals surface area contributed by atoms with Crippen LogP contribution in [-0.4, -0.2) is 18.2 Å². The number of benzene rings is 1. The number of carboxylic acid groups (broad SMARTS) is 1. The molecule has 0 saturated heterocycles. The molecule has 0 atom stereocenters. The summed E-state index contributed by atoms with van der Waals surface area (Å²) >= 11 is 0. The Bertz CT molecular complexity index is 388. The molecule has 3 nitrogen and oxygen atoms in total. The van der Waals surface area contributed by atoms with Gasteiger partial charge in [0.2, 0.25) is 0 Å². The van der Waals surface area contributed by atoms with Gasteiger partial charge in [0.15, 0.2) is 0 Å². The van der Waals surface area contributed by atoms with E-state index < -0.39 is 11.9 Å². The Hall–Kier alpha value is -1.65. The van der Waals surface area contributed by atoms with E-state index in [1.807, 2.05) is 0 Å². The molecule has 0 aliphatic heterocycles. The van der Waals surface area contributed by atoms with Gasteiger partial charge in [-0.25, -0.2) is 8.78 Å². The lowest BCUT2D eigenvalue weighted by molar-refractivity contribution is -0.137. The summed E-state index contributed by atoms with van der Waals surface area (Å²) in [5.41, 5.74) is -0.0707. The molecule has 1 N–H and O–H groups in total. The maximum atomic E-state index is 13.7. The first kappa shape index (κ1) is 14.4. The van der Waals surface area contributed by atoms with E-state index in [9.17, 15) is 13.6 Å². The van der Waals surface area contributed by atoms with E-state index in [0.29, 0.717) is 5.75 Å². The lowest BCUT2D eigenvalue weighted by Gasteiger charge is -2.16. The highest BCUT2D eigenvalue weighted by molar-refractivity contribution is 5.66. The zero-order valence-corrected chi connectivity index (χ0v) is 10.2. The van der Waals surface area contributed by atoms with Crippen LogP contribution in [0.25, 0.3) is 0 Å². The zero-order chi connectivity index (χ0) is 13.6. The van der Waals surface area contributed by atoms with Crippen molar-refractivity contribution in [3.05, 3.63) is 29.8 Å². The van der Waals surface area contributed by atoms with Gasteiger partial charge in [-0.3, -0.25) is 4.79 Å². The summed E-state index contributed by atoms with van der Waals surface area (Å²) in [7, 11) is 1.47. The standard InChI is InChI=1S/C13H16F2O3/c1-18-11-7-5-10(6-8-11)13(14,15)9-3-2-4-12(16)17/h5-8H,2-4,9H2,1H3,(H,16,17). The number of methoxy groups -OCH3 is 1. The molecule has 1 rings (SSSR count). The summed E-state index contributed by atoms with van der Waals surface area (Å²) in [5.74, 6) is -3.35. The molecule has 0 aromatic heterocycles. The fourth-order valence-corrected chi connectivity index (χ4v) is 1.60. The number of hydrogen-bond acceptors (Lipinski definition) is 2. The predicted octanol–water partition coefficient (Wildman–Crippen LogP) is 3.43. The summed E-state index contributed by atoms with van der Waals surface area (Å²) in [6.07, 6.45) is 0.0394. The Kier molecular flexibility index (Phi) is 5.07. The summed E-state index contributed by atoms with van der Waals surface area (Å²) < 4.78 is 32.4. The minimum absolute atomic E-state index is 0.0707. The van der Waals surface area contributed by atoms with Crippen molar-refractivity contribution in [1.29, 1.82) is 0 Å².